The summed E-state index contributed by atoms with van der Waals surface area (Å²) >= 11 is 1.54. The Kier molecular flexibility index (Phi) is 4.72. The second-order valence-corrected chi connectivity index (χ2v) is 8.90. The van der Waals surface area contributed by atoms with Crippen LogP contribution in [0.2, 0.25) is 0 Å². The summed E-state index contributed by atoms with van der Waals surface area (Å²) in [6.45, 7) is 4.45. The molecule has 0 spiro atoms. The Morgan fingerprint density at radius 1 is 1.34 bits per heavy atom. The molecule has 2 aromatic heterocycles. The minimum atomic E-state index is 0.0154. The number of amides is 1. The average Bonchev–Trinajstić information content (AvgIpc) is 3.37. The van der Waals surface area contributed by atoms with E-state index in [0.717, 1.165) is 51.2 Å². The number of nitrogens with zero attached hydrogens (tertiary/aromatic N) is 3. The van der Waals surface area contributed by atoms with E-state index >= 15 is 0 Å². The molecule has 3 aromatic rings. The topological polar surface area (TPSA) is 64.4 Å². The highest BCUT2D eigenvalue weighted by molar-refractivity contribution is 7.18. The van der Waals surface area contributed by atoms with Crippen molar-refractivity contribution in [2.24, 2.45) is 0 Å². The van der Waals surface area contributed by atoms with E-state index in [4.69, 9.17) is 4.74 Å². The normalized spacial score (nSPS) is 18.9. The maximum absolute atomic E-state index is 13.1. The zero-order chi connectivity index (χ0) is 20.0. The molecule has 0 bridgehead atoms. The third kappa shape index (κ3) is 3.28. The molecule has 2 aliphatic rings. The maximum atomic E-state index is 13.1. The van der Waals surface area contributed by atoms with Gasteiger partial charge in [-0.2, -0.15) is 0 Å². The first-order chi connectivity index (χ1) is 14.1. The lowest BCUT2D eigenvalue weighted by Crippen LogP contribution is -2.36. The van der Waals surface area contributed by atoms with Gasteiger partial charge in [-0.05, 0) is 43.4 Å². The minimum Gasteiger partial charge on any atom is -0.376 e. The fourth-order valence-electron chi connectivity index (χ4n) is 4.31. The average molecular weight is 410 g/mol. The summed E-state index contributed by atoms with van der Waals surface area (Å²) in [5.41, 5.74) is 2.81. The van der Waals surface area contributed by atoms with Gasteiger partial charge in [0, 0.05) is 23.6 Å². The summed E-state index contributed by atoms with van der Waals surface area (Å²) in [7, 11) is 0. The Morgan fingerprint density at radius 3 is 3.00 bits per heavy atom. The van der Waals surface area contributed by atoms with Crippen molar-refractivity contribution in [3.63, 3.8) is 0 Å². The number of aromatic nitrogens is 2. The zero-order valence-corrected chi connectivity index (χ0v) is 17.2. The Bertz CT molecular complexity index is 1140. The molecule has 150 valence electrons. The summed E-state index contributed by atoms with van der Waals surface area (Å²) < 4.78 is 7.37. The molecule has 29 heavy (non-hydrogen) atoms. The van der Waals surface area contributed by atoms with Crippen LogP contribution < -0.4 is 5.56 Å². The Balaban J connectivity index is 1.45. The lowest BCUT2D eigenvalue weighted by atomic mass is 10.0. The van der Waals surface area contributed by atoms with Crippen molar-refractivity contribution in [3.05, 3.63) is 62.5 Å². The molecule has 1 aromatic carbocycles. The van der Waals surface area contributed by atoms with E-state index in [-0.39, 0.29) is 17.6 Å². The predicted octanol–water partition coefficient (Wildman–Crippen LogP) is 3.14. The van der Waals surface area contributed by atoms with Crippen molar-refractivity contribution in [1.82, 2.24) is 14.5 Å². The Hall–Kier alpha value is -2.51. The SMILES string of the molecule is Cc1ccccc1C(=O)N1CCc2c(sc3ncn(CC4CCCO4)c(=O)c23)C1. The van der Waals surface area contributed by atoms with Crippen LogP contribution in [0.25, 0.3) is 10.2 Å². The van der Waals surface area contributed by atoms with Crippen LogP contribution in [-0.2, 0) is 24.2 Å². The summed E-state index contributed by atoms with van der Waals surface area (Å²) in [6, 6.07) is 7.68. The highest BCUT2D eigenvalue weighted by Gasteiger charge is 2.28. The van der Waals surface area contributed by atoms with Gasteiger partial charge in [-0.15, -0.1) is 11.3 Å². The summed E-state index contributed by atoms with van der Waals surface area (Å²) in [6.07, 6.45) is 4.47. The highest BCUT2D eigenvalue weighted by atomic mass is 32.1. The first-order valence-corrected chi connectivity index (χ1v) is 10.9. The molecule has 1 fully saturated rings. The van der Waals surface area contributed by atoms with E-state index in [0.29, 0.717) is 26.1 Å². The van der Waals surface area contributed by atoms with Gasteiger partial charge in [0.25, 0.3) is 11.5 Å². The Morgan fingerprint density at radius 2 is 2.21 bits per heavy atom. The molecule has 1 amide bonds. The smallest absolute Gasteiger partial charge is 0.262 e. The number of fused-ring (bicyclic) bond motifs is 3. The quantitative estimate of drug-likeness (QED) is 0.667. The van der Waals surface area contributed by atoms with Crippen LogP contribution in [-0.4, -0.2) is 39.6 Å². The van der Waals surface area contributed by atoms with E-state index in [2.05, 4.69) is 4.98 Å². The van der Waals surface area contributed by atoms with Gasteiger partial charge in [-0.3, -0.25) is 14.2 Å². The van der Waals surface area contributed by atoms with Gasteiger partial charge >= 0.3 is 0 Å². The molecule has 5 rings (SSSR count). The molecule has 0 N–H and O–H groups in total. The number of carbonyl (C=O) groups is 1. The third-order valence-corrected chi connectivity index (χ3v) is 7.04. The van der Waals surface area contributed by atoms with Crippen molar-refractivity contribution in [1.29, 1.82) is 0 Å². The summed E-state index contributed by atoms with van der Waals surface area (Å²) in [4.78, 5) is 34.4. The molecule has 2 aliphatic heterocycles. The summed E-state index contributed by atoms with van der Waals surface area (Å²) in [5, 5.41) is 0.730. The lowest BCUT2D eigenvalue weighted by Gasteiger charge is -2.27. The number of hydrogen-bond acceptors (Lipinski definition) is 5. The maximum Gasteiger partial charge on any atom is 0.262 e. The molecular formula is C22H23N3O3S. The molecule has 0 saturated carbocycles. The van der Waals surface area contributed by atoms with Gasteiger partial charge in [-0.25, -0.2) is 4.98 Å². The van der Waals surface area contributed by atoms with Gasteiger partial charge in [-0.1, -0.05) is 18.2 Å². The molecule has 7 heteroatoms. The molecular weight excluding hydrogens is 386 g/mol. The van der Waals surface area contributed by atoms with Crippen LogP contribution >= 0.6 is 11.3 Å². The number of thiophene rings is 1. The van der Waals surface area contributed by atoms with Gasteiger partial charge < -0.3 is 9.64 Å². The van der Waals surface area contributed by atoms with Gasteiger partial charge in [0.05, 0.1) is 30.9 Å². The van der Waals surface area contributed by atoms with Crippen molar-refractivity contribution in [2.75, 3.05) is 13.2 Å². The zero-order valence-electron chi connectivity index (χ0n) is 16.4. The van der Waals surface area contributed by atoms with Gasteiger partial charge in [0.15, 0.2) is 0 Å². The molecule has 1 saturated heterocycles. The molecule has 6 nitrogen and oxygen atoms in total. The van der Waals surface area contributed by atoms with Crippen molar-refractivity contribution < 1.29 is 9.53 Å². The number of benzene rings is 1. The third-order valence-electron chi connectivity index (χ3n) is 5.91. The molecule has 1 atom stereocenters. The molecule has 0 radical (unpaired) electrons. The predicted molar refractivity (Wildman–Crippen MR) is 112 cm³/mol. The van der Waals surface area contributed by atoms with Crippen LogP contribution in [0.4, 0.5) is 0 Å². The standard InChI is InChI=1S/C22H23N3O3S/c1-14-5-2-3-7-16(14)21(26)24-9-8-17-18(12-24)29-20-19(17)22(27)25(13-23-20)11-15-6-4-10-28-15/h2-3,5,7,13,15H,4,6,8-12H2,1H3. The first-order valence-electron chi connectivity index (χ1n) is 10.1. The van der Waals surface area contributed by atoms with Gasteiger partial charge in [0.2, 0.25) is 0 Å². The second kappa shape index (κ2) is 7.39. The van der Waals surface area contributed by atoms with E-state index in [1.807, 2.05) is 36.1 Å². The first kappa shape index (κ1) is 18.5. The second-order valence-electron chi connectivity index (χ2n) is 7.81. The minimum absolute atomic E-state index is 0.0154. The van der Waals surface area contributed by atoms with E-state index < -0.39 is 0 Å². The monoisotopic (exact) mass is 409 g/mol. The lowest BCUT2D eigenvalue weighted by molar-refractivity contribution is 0.0736. The van der Waals surface area contributed by atoms with Crippen LogP contribution in [0.1, 0.15) is 39.2 Å². The van der Waals surface area contributed by atoms with Crippen molar-refractivity contribution >= 4 is 27.5 Å². The fraction of sp³-hybridized carbons (Fsp3) is 0.409. The van der Waals surface area contributed by atoms with E-state index in [1.54, 1.807) is 10.9 Å². The number of ether oxygens (including phenoxy) is 1. The number of hydrogen-bond donors (Lipinski definition) is 0. The van der Waals surface area contributed by atoms with E-state index in [1.165, 1.54) is 11.3 Å². The van der Waals surface area contributed by atoms with Crippen molar-refractivity contribution in [3.8, 4) is 0 Å². The fourth-order valence-corrected chi connectivity index (χ4v) is 5.51. The Labute approximate surface area is 172 Å². The van der Waals surface area contributed by atoms with Crippen LogP contribution in [0, 0.1) is 6.92 Å². The van der Waals surface area contributed by atoms with Crippen LogP contribution in [0.3, 0.4) is 0 Å². The summed E-state index contributed by atoms with van der Waals surface area (Å²) in [5.74, 6) is 0.0509. The number of aryl methyl sites for hydroxylation is 1. The van der Waals surface area contributed by atoms with Crippen molar-refractivity contribution in [2.45, 2.75) is 45.4 Å². The van der Waals surface area contributed by atoms with Gasteiger partial charge in [0.1, 0.15) is 4.83 Å². The molecule has 4 heterocycles. The van der Waals surface area contributed by atoms with Crippen LogP contribution in [0.15, 0.2) is 35.4 Å². The number of rotatable bonds is 3. The van der Waals surface area contributed by atoms with Crippen LogP contribution in [0.5, 0.6) is 0 Å². The number of carbonyl (C=O) groups excluding carboxylic acids is 1. The van der Waals surface area contributed by atoms with E-state index in [9.17, 15) is 9.59 Å². The largest absolute Gasteiger partial charge is 0.376 e. The molecule has 1 unspecified atom stereocenters. The molecule has 0 aliphatic carbocycles. The highest BCUT2D eigenvalue weighted by Crippen LogP contribution is 2.33.